The number of amides is 1. The minimum Gasteiger partial charge on any atom is -0.344 e. The lowest BCUT2D eigenvalue weighted by atomic mass is 9.98. The Balaban J connectivity index is 4.30. The van der Waals surface area contributed by atoms with E-state index >= 15 is 0 Å². The van der Waals surface area contributed by atoms with Crippen LogP contribution in [0.4, 0.5) is 0 Å². The minimum absolute atomic E-state index is 0.0641. The van der Waals surface area contributed by atoms with Crippen molar-refractivity contribution >= 4 is 12.2 Å². The summed E-state index contributed by atoms with van der Waals surface area (Å²) in [5.41, 5.74) is 5.66. The third-order valence-electron chi connectivity index (χ3n) is 2.66. The SMILES string of the molecule is CCC(C)C([C]=O)NC(=O)C(N)C(C)C. The molecular weight excluding hydrogens is 192 g/mol. The van der Waals surface area contributed by atoms with E-state index in [1.54, 1.807) is 0 Å². The molecule has 4 heteroatoms. The van der Waals surface area contributed by atoms with Gasteiger partial charge in [-0.1, -0.05) is 34.1 Å². The van der Waals surface area contributed by atoms with Crippen molar-refractivity contribution in [3.63, 3.8) is 0 Å². The fourth-order valence-corrected chi connectivity index (χ4v) is 1.08. The molecule has 15 heavy (non-hydrogen) atoms. The Morgan fingerprint density at radius 2 is 1.93 bits per heavy atom. The maximum Gasteiger partial charge on any atom is 0.237 e. The summed E-state index contributed by atoms with van der Waals surface area (Å²) in [6.45, 7) is 7.60. The second-order valence-corrected chi connectivity index (χ2v) is 4.26. The Hall–Kier alpha value is -0.900. The van der Waals surface area contributed by atoms with Crippen molar-refractivity contribution in [3.8, 4) is 0 Å². The third-order valence-corrected chi connectivity index (χ3v) is 2.66. The molecule has 0 aliphatic carbocycles. The van der Waals surface area contributed by atoms with Gasteiger partial charge in [-0.2, -0.15) is 0 Å². The van der Waals surface area contributed by atoms with E-state index in [4.69, 9.17) is 5.73 Å². The van der Waals surface area contributed by atoms with Crippen LogP contribution in [0.15, 0.2) is 0 Å². The van der Waals surface area contributed by atoms with E-state index < -0.39 is 12.1 Å². The highest BCUT2D eigenvalue weighted by atomic mass is 16.2. The molecule has 0 heterocycles. The largest absolute Gasteiger partial charge is 0.344 e. The number of hydrogen-bond donors (Lipinski definition) is 2. The highest BCUT2D eigenvalue weighted by Crippen LogP contribution is 2.06. The van der Waals surface area contributed by atoms with Gasteiger partial charge in [0.2, 0.25) is 12.2 Å². The van der Waals surface area contributed by atoms with Crippen LogP contribution in [0.2, 0.25) is 0 Å². The minimum atomic E-state index is -0.565. The number of carbonyl (C=O) groups excluding carboxylic acids is 2. The maximum atomic E-state index is 11.6. The first kappa shape index (κ1) is 14.1. The molecule has 0 aliphatic rings. The van der Waals surface area contributed by atoms with Crippen molar-refractivity contribution in [2.24, 2.45) is 17.6 Å². The van der Waals surface area contributed by atoms with Crippen LogP contribution in [0.25, 0.3) is 0 Å². The lowest BCUT2D eigenvalue weighted by Crippen LogP contribution is -2.50. The van der Waals surface area contributed by atoms with Gasteiger partial charge in [-0.25, -0.2) is 0 Å². The summed E-state index contributed by atoms with van der Waals surface area (Å²) in [4.78, 5) is 22.2. The normalized spacial score (nSPS) is 16.9. The number of nitrogens with one attached hydrogen (secondary N) is 1. The first-order chi connectivity index (χ1) is 6.93. The molecule has 4 nitrogen and oxygen atoms in total. The maximum absolute atomic E-state index is 11.6. The van der Waals surface area contributed by atoms with Gasteiger partial charge in [0, 0.05) is 0 Å². The standard InChI is InChI=1S/C11H21N2O2/c1-5-8(4)9(6-14)13-11(15)10(12)7(2)3/h7-10H,5,12H2,1-4H3,(H,13,15). The number of nitrogens with two attached hydrogens (primary N) is 1. The van der Waals surface area contributed by atoms with Crippen LogP contribution >= 0.6 is 0 Å². The number of carbonyl (C=O) groups is 1. The fraction of sp³-hybridized carbons (Fsp3) is 0.818. The molecule has 87 valence electrons. The van der Waals surface area contributed by atoms with Crippen LogP contribution in [0.3, 0.4) is 0 Å². The van der Waals surface area contributed by atoms with Crippen molar-refractivity contribution in [2.45, 2.75) is 46.2 Å². The van der Waals surface area contributed by atoms with Gasteiger partial charge in [-0.15, -0.1) is 0 Å². The number of hydrogen-bond acceptors (Lipinski definition) is 3. The Kier molecular flexibility index (Phi) is 6.17. The lowest BCUT2D eigenvalue weighted by molar-refractivity contribution is -0.123. The Labute approximate surface area is 91.6 Å². The molecule has 0 fully saturated rings. The smallest absolute Gasteiger partial charge is 0.237 e. The summed E-state index contributed by atoms with van der Waals surface area (Å²) in [7, 11) is 0. The highest BCUT2D eigenvalue weighted by Gasteiger charge is 2.23. The monoisotopic (exact) mass is 213 g/mol. The molecule has 3 atom stereocenters. The topological polar surface area (TPSA) is 72.2 Å². The third kappa shape index (κ3) is 4.42. The Bertz CT molecular complexity index is 217. The van der Waals surface area contributed by atoms with E-state index in [1.165, 1.54) is 0 Å². The molecule has 3 unspecified atom stereocenters. The molecule has 0 rings (SSSR count). The van der Waals surface area contributed by atoms with Gasteiger partial charge in [0.15, 0.2) is 0 Å². The van der Waals surface area contributed by atoms with Gasteiger partial charge in [0.25, 0.3) is 0 Å². The zero-order chi connectivity index (χ0) is 12.0. The zero-order valence-corrected chi connectivity index (χ0v) is 9.91. The molecule has 0 aromatic rings. The van der Waals surface area contributed by atoms with Crippen molar-refractivity contribution in [1.82, 2.24) is 5.32 Å². The summed E-state index contributed by atoms with van der Waals surface area (Å²) in [5.74, 6) is -0.126. The quantitative estimate of drug-likeness (QED) is 0.679. The second kappa shape index (κ2) is 6.56. The molecule has 0 saturated heterocycles. The zero-order valence-electron chi connectivity index (χ0n) is 9.91. The Morgan fingerprint density at radius 3 is 2.27 bits per heavy atom. The molecule has 0 aromatic carbocycles. The first-order valence-electron chi connectivity index (χ1n) is 5.37. The van der Waals surface area contributed by atoms with Crippen LogP contribution in [-0.2, 0) is 9.59 Å². The Morgan fingerprint density at radius 1 is 1.40 bits per heavy atom. The highest BCUT2D eigenvalue weighted by molar-refractivity contribution is 5.84. The molecule has 0 aliphatic heterocycles. The number of rotatable bonds is 6. The predicted octanol–water partition coefficient (Wildman–Crippen LogP) is 0.610. The molecule has 0 aromatic heterocycles. The molecule has 3 N–H and O–H groups in total. The van der Waals surface area contributed by atoms with E-state index in [9.17, 15) is 9.59 Å². The van der Waals surface area contributed by atoms with Gasteiger partial charge in [0.1, 0.15) is 0 Å². The van der Waals surface area contributed by atoms with Gasteiger partial charge >= 0.3 is 0 Å². The van der Waals surface area contributed by atoms with E-state index in [-0.39, 0.29) is 17.7 Å². The average molecular weight is 213 g/mol. The predicted molar refractivity (Wildman–Crippen MR) is 59.9 cm³/mol. The van der Waals surface area contributed by atoms with Crippen LogP contribution in [0, 0.1) is 11.8 Å². The lowest BCUT2D eigenvalue weighted by Gasteiger charge is -2.21. The van der Waals surface area contributed by atoms with Gasteiger partial charge in [-0.3, -0.25) is 9.59 Å². The molecule has 0 saturated carbocycles. The van der Waals surface area contributed by atoms with Crippen molar-refractivity contribution < 1.29 is 9.59 Å². The average Bonchev–Trinajstić information content (AvgIpc) is 2.22. The molecule has 1 amide bonds. The molecule has 0 bridgehead atoms. The van der Waals surface area contributed by atoms with E-state index in [1.807, 2.05) is 34.0 Å². The molecular formula is C11H21N2O2. The van der Waals surface area contributed by atoms with E-state index in [0.717, 1.165) is 6.42 Å². The molecule has 1 radical (unpaired) electrons. The fourth-order valence-electron chi connectivity index (χ4n) is 1.08. The van der Waals surface area contributed by atoms with Gasteiger partial charge in [0.05, 0.1) is 12.1 Å². The summed E-state index contributed by atoms with van der Waals surface area (Å²) < 4.78 is 0. The van der Waals surface area contributed by atoms with Gasteiger partial charge < -0.3 is 11.1 Å². The van der Waals surface area contributed by atoms with Crippen LogP contribution in [-0.4, -0.2) is 24.3 Å². The van der Waals surface area contributed by atoms with E-state index in [2.05, 4.69) is 5.32 Å². The summed E-state index contributed by atoms with van der Waals surface area (Å²) in [6, 6.07) is -1.11. The van der Waals surface area contributed by atoms with Crippen molar-refractivity contribution in [1.29, 1.82) is 0 Å². The summed E-state index contributed by atoms with van der Waals surface area (Å²) in [6.07, 6.45) is 2.66. The van der Waals surface area contributed by atoms with Crippen molar-refractivity contribution in [2.75, 3.05) is 0 Å². The van der Waals surface area contributed by atoms with Crippen LogP contribution in [0.1, 0.15) is 34.1 Å². The van der Waals surface area contributed by atoms with Crippen molar-refractivity contribution in [3.05, 3.63) is 0 Å². The molecule has 0 spiro atoms. The second-order valence-electron chi connectivity index (χ2n) is 4.26. The van der Waals surface area contributed by atoms with Crippen LogP contribution in [0.5, 0.6) is 0 Å². The van der Waals surface area contributed by atoms with Gasteiger partial charge in [-0.05, 0) is 11.8 Å². The summed E-state index contributed by atoms with van der Waals surface area (Å²) >= 11 is 0. The van der Waals surface area contributed by atoms with E-state index in [0.29, 0.717) is 0 Å². The summed E-state index contributed by atoms with van der Waals surface area (Å²) in [5, 5.41) is 2.61. The van der Waals surface area contributed by atoms with Crippen LogP contribution < -0.4 is 11.1 Å². The first-order valence-corrected chi connectivity index (χ1v) is 5.37.